The Balaban J connectivity index is 2.07. The van der Waals surface area contributed by atoms with Gasteiger partial charge in [-0.15, -0.1) is 0 Å². The number of nitriles is 1. The molecule has 0 atom stereocenters. The lowest BCUT2D eigenvalue weighted by Crippen LogP contribution is -2.17. The number of benzene rings is 1. The Hall–Kier alpha value is -1.70. The monoisotopic (exact) mass is 282 g/mol. The summed E-state index contributed by atoms with van der Waals surface area (Å²) in [5.41, 5.74) is -0.767. The molecular weight excluding hydrogens is 265 g/mol. The Kier molecular flexibility index (Phi) is 4.53. The van der Waals surface area contributed by atoms with Crippen LogP contribution in [0.25, 0.3) is 0 Å². The zero-order valence-electron chi connectivity index (χ0n) is 11.1. The van der Waals surface area contributed by atoms with Crippen molar-refractivity contribution in [2.75, 3.05) is 11.9 Å². The van der Waals surface area contributed by atoms with Gasteiger partial charge in [0.25, 0.3) is 0 Å². The molecule has 1 aliphatic carbocycles. The Labute approximate surface area is 116 Å². The molecule has 2 rings (SSSR count). The van der Waals surface area contributed by atoms with Crippen LogP contribution in [0.2, 0.25) is 0 Å². The molecule has 20 heavy (non-hydrogen) atoms. The number of alkyl halides is 3. The summed E-state index contributed by atoms with van der Waals surface area (Å²) >= 11 is 0. The van der Waals surface area contributed by atoms with E-state index in [-0.39, 0.29) is 5.56 Å². The van der Waals surface area contributed by atoms with E-state index < -0.39 is 11.7 Å². The van der Waals surface area contributed by atoms with E-state index >= 15 is 0 Å². The first-order valence-corrected chi connectivity index (χ1v) is 6.86. The second-order valence-electron chi connectivity index (χ2n) is 5.25. The van der Waals surface area contributed by atoms with E-state index in [0.717, 1.165) is 18.9 Å². The first-order chi connectivity index (χ1) is 9.50. The highest BCUT2D eigenvalue weighted by molar-refractivity contribution is 5.53. The molecule has 0 bridgehead atoms. The number of rotatable bonds is 3. The van der Waals surface area contributed by atoms with Crippen molar-refractivity contribution in [3.8, 4) is 6.07 Å². The van der Waals surface area contributed by atoms with Crippen molar-refractivity contribution >= 4 is 5.69 Å². The fourth-order valence-electron chi connectivity index (χ4n) is 2.64. The summed E-state index contributed by atoms with van der Waals surface area (Å²) < 4.78 is 38.5. The number of nitrogens with zero attached hydrogens (tertiary/aromatic N) is 1. The molecule has 1 aromatic rings. The Morgan fingerprint density at radius 1 is 1.20 bits per heavy atom. The van der Waals surface area contributed by atoms with Crippen LogP contribution in [-0.2, 0) is 6.18 Å². The predicted molar refractivity (Wildman–Crippen MR) is 71.2 cm³/mol. The first kappa shape index (κ1) is 14.7. The van der Waals surface area contributed by atoms with E-state index in [1.165, 1.54) is 31.4 Å². The molecule has 108 valence electrons. The van der Waals surface area contributed by atoms with Gasteiger partial charge in [0, 0.05) is 12.2 Å². The highest BCUT2D eigenvalue weighted by Crippen LogP contribution is 2.33. The average molecular weight is 282 g/mol. The molecule has 0 heterocycles. The molecule has 5 heteroatoms. The third-order valence-electron chi connectivity index (χ3n) is 3.77. The summed E-state index contributed by atoms with van der Waals surface area (Å²) in [4.78, 5) is 0. The first-order valence-electron chi connectivity index (χ1n) is 6.86. The van der Waals surface area contributed by atoms with Crippen molar-refractivity contribution in [1.29, 1.82) is 5.26 Å². The molecule has 0 spiro atoms. The molecule has 2 nitrogen and oxygen atoms in total. The van der Waals surface area contributed by atoms with E-state index in [1.54, 1.807) is 6.07 Å². The standard InChI is InChI=1S/C15H17F3N2/c16-15(17,18)14-8-13(7-6-12(14)9-19)20-10-11-4-2-1-3-5-11/h6-8,11,20H,1-5,10H2. The van der Waals surface area contributed by atoms with Crippen LogP contribution in [0, 0.1) is 17.2 Å². The van der Waals surface area contributed by atoms with Crippen LogP contribution >= 0.6 is 0 Å². The van der Waals surface area contributed by atoms with Gasteiger partial charge in [0.1, 0.15) is 0 Å². The van der Waals surface area contributed by atoms with Gasteiger partial charge < -0.3 is 5.32 Å². The maximum atomic E-state index is 12.8. The number of hydrogen-bond donors (Lipinski definition) is 1. The molecule has 0 aromatic heterocycles. The topological polar surface area (TPSA) is 35.8 Å². The molecule has 1 N–H and O–H groups in total. The number of halogens is 3. The fourth-order valence-corrected chi connectivity index (χ4v) is 2.64. The van der Waals surface area contributed by atoms with Gasteiger partial charge in [-0.3, -0.25) is 0 Å². The predicted octanol–water partition coefficient (Wildman–Crippen LogP) is 4.57. The molecule has 0 radical (unpaired) electrons. The summed E-state index contributed by atoms with van der Waals surface area (Å²) in [6.07, 6.45) is 1.44. The maximum absolute atomic E-state index is 12.8. The third-order valence-corrected chi connectivity index (χ3v) is 3.77. The lowest BCUT2D eigenvalue weighted by atomic mass is 9.89. The molecule has 0 aliphatic heterocycles. The van der Waals surface area contributed by atoms with Crippen LogP contribution in [0.15, 0.2) is 18.2 Å². The lowest BCUT2D eigenvalue weighted by molar-refractivity contribution is -0.137. The summed E-state index contributed by atoms with van der Waals surface area (Å²) in [6, 6.07) is 5.38. The second kappa shape index (κ2) is 6.17. The molecule has 1 aromatic carbocycles. The van der Waals surface area contributed by atoms with Crippen LogP contribution < -0.4 is 5.32 Å². The quantitative estimate of drug-likeness (QED) is 0.881. The zero-order chi connectivity index (χ0) is 14.6. The van der Waals surface area contributed by atoms with E-state index in [0.29, 0.717) is 18.2 Å². The third kappa shape index (κ3) is 3.66. The maximum Gasteiger partial charge on any atom is 0.417 e. The summed E-state index contributed by atoms with van der Waals surface area (Å²) in [6.45, 7) is 0.698. The summed E-state index contributed by atoms with van der Waals surface area (Å²) in [5.74, 6) is 0.536. The van der Waals surface area contributed by atoms with Gasteiger partial charge in [-0.05, 0) is 37.0 Å². The van der Waals surface area contributed by atoms with Gasteiger partial charge in [-0.2, -0.15) is 18.4 Å². The van der Waals surface area contributed by atoms with Crippen molar-refractivity contribution in [1.82, 2.24) is 0 Å². The molecule has 0 amide bonds. The van der Waals surface area contributed by atoms with Crippen molar-refractivity contribution in [2.24, 2.45) is 5.92 Å². The minimum atomic E-state index is -4.49. The van der Waals surface area contributed by atoms with Crippen LogP contribution in [0.3, 0.4) is 0 Å². The largest absolute Gasteiger partial charge is 0.417 e. The fraction of sp³-hybridized carbons (Fsp3) is 0.533. The zero-order valence-corrected chi connectivity index (χ0v) is 11.1. The highest BCUT2D eigenvalue weighted by Gasteiger charge is 2.33. The van der Waals surface area contributed by atoms with Gasteiger partial charge in [0.05, 0.1) is 17.2 Å². The smallest absolute Gasteiger partial charge is 0.385 e. The van der Waals surface area contributed by atoms with Crippen molar-refractivity contribution in [3.05, 3.63) is 29.3 Å². The van der Waals surface area contributed by atoms with Gasteiger partial charge >= 0.3 is 6.18 Å². The molecule has 0 saturated heterocycles. The molecule has 1 aliphatic rings. The lowest BCUT2D eigenvalue weighted by Gasteiger charge is -2.22. The van der Waals surface area contributed by atoms with Gasteiger partial charge in [-0.25, -0.2) is 0 Å². The van der Waals surface area contributed by atoms with Crippen molar-refractivity contribution < 1.29 is 13.2 Å². The number of nitrogens with one attached hydrogen (secondary N) is 1. The minimum absolute atomic E-state index is 0.333. The summed E-state index contributed by atoms with van der Waals surface area (Å²) in [5, 5.41) is 11.8. The normalized spacial score (nSPS) is 16.7. The Morgan fingerprint density at radius 2 is 1.90 bits per heavy atom. The van der Waals surface area contributed by atoms with Gasteiger partial charge in [0.2, 0.25) is 0 Å². The second-order valence-corrected chi connectivity index (χ2v) is 5.25. The van der Waals surface area contributed by atoms with E-state index in [1.807, 2.05) is 0 Å². The molecule has 1 fully saturated rings. The molecule has 1 saturated carbocycles. The van der Waals surface area contributed by atoms with Gasteiger partial charge in [0.15, 0.2) is 0 Å². The van der Waals surface area contributed by atoms with Gasteiger partial charge in [-0.1, -0.05) is 19.3 Å². The van der Waals surface area contributed by atoms with Crippen LogP contribution in [0.1, 0.15) is 43.2 Å². The summed E-state index contributed by atoms with van der Waals surface area (Å²) in [7, 11) is 0. The van der Waals surface area contributed by atoms with E-state index in [4.69, 9.17) is 5.26 Å². The average Bonchev–Trinajstić information content (AvgIpc) is 2.45. The number of anilines is 1. The number of hydrogen-bond acceptors (Lipinski definition) is 2. The minimum Gasteiger partial charge on any atom is -0.385 e. The Bertz CT molecular complexity index is 497. The molecule has 0 unspecified atom stereocenters. The Morgan fingerprint density at radius 3 is 2.50 bits per heavy atom. The van der Waals surface area contributed by atoms with E-state index in [9.17, 15) is 13.2 Å². The van der Waals surface area contributed by atoms with Crippen molar-refractivity contribution in [2.45, 2.75) is 38.3 Å². The van der Waals surface area contributed by atoms with Crippen LogP contribution in [-0.4, -0.2) is 6.54 Å². The molecular formula is C15H17F3N2. The van der Waals surface area contributed by atoms with Crippen LogP contribution in [0.5, 0.6) is 0 Å². The van der Waals surface area contributed by atoms with Crippen LogP contribution in [0.4, 0.5) is 18.9 Å². The SMILES string of the molecule is N#Cc1ccc(NCC2CCCCC2)cc1C(F)(F)F. The van der Waals surface area contributed by atoms with Crippen molar-refractivity contribution in [3.63, 3.8) is 0 Å². The highest BCUT2D eigenvalue weighted by atomic mass is 19.4. The van der Waals surface area contributed by atoms with E-state index in [2.05, 4.69) is 5.32 Å².